The van der Waals surface area contributed by atoms with Gasteiger partial charge in [-0.2, -0.15) is 0 Å². The van der Waals surface area contributed by atoms with E-state index < -0.39 is 6.10 Å². The molecule has 2 heterocycles. The van der Waals surface area contributed by atoms with Gasteiger partial charge >= 0.3 is 0 Å². The largest absolute Gasteiger partial charge is 0.440 e. The molecule has 1 saturated heterocycles. The molecule has 0 spiro atoms. The van der Waals surface area contributed by atoms with Gasteiger partial charge in [0.15, 0.2) is 5.58 Å². The Morgan fingerprint density at radius 3 is 2.75 bits per heavy atom. The number of fused-ring (bicyclic) bond motifs is 1. The van der Waals surface area contributed by atoms with Crippen molar-refractivity contribution in [1.29, 1.82) is 0 Å². The minimum absolute atomic E-state index is 0. The molecular weight excluding hydrogens is 330 g/mol. The highest BCUT2D eigenvalue weighted by Gasteiger charge is 2.30. The van der Waals surface area contributed by atoms with Crippen LogP contribution >= 0.6 is 12.4 Å². The van der Waals surface area contributed by atoms with Crippen molar-refractivity contribution >= 4 is 35.1 Å². The number of aromatic nitrogens is 1. The summed E-state index contributed by atoms with van der Waals surface area (Å²) < 4.78 is 11.4. The van der Waals surface area contributed by atoms with Crippen LogP contribution in [0.4, 0.5) is 5.69 Å². The van der Waals surface area contributed by atoms with Crippen molar-refractivity contribution < 1.29 is 13.9 Å². The number of nitrogens with one attached hydrogen (secondary N) is 1. The summed E-state index contributed by atoms with van der Waals surface area (Å²) >= 11 is 0. The second-order valence-corrected chi connectivity index (χ2v) is 7.00. The van der Waals surface area contributed by atoms with E-state index in [-0.39, 0.29) is 29.8 Å². The fourth-order valence-corrected chi connectivity index (χ4v) is 2.62. The van der Waals surface area contributed by atoms with Crippen LogP contribution < -0.4 is 11.1 Å². The van der Waals surface area contributed by atoms with Gasteiger partial charge in [-0.3, -0.25) is 4.79 Å². The molecule has 1 aromatic carbocycles. The number of rotatable bonds is 3. The summed E-state index contributed by atoms with van der Waals surface area (Å²) in [5.41, 5.74) is 7.56. The molecular formula is C17H24ClN3O3. The zero-order valence-electron chi connectivity index (χ0n) is 14.2. The van der Waals surface area contributed by atoms with Crippen molar-refractivity contribution in [1.82, 2.24) is 4.98 Å². The van der Waals surface area contributed by atoms with Crippen LogP contribution in [0.25, 0.3) is 11.1 Å². The number of carbonyl (C=O) groups excluding carboxylic acids is 1. The van der Waals surface area contributed by atoms with E-state index in [1.54, 1.807) is 0 Å². The molecule has 1 fully saturated rings. The highest BCUT2D eigenvalue weighted by atomic mass is 35.5. The summed E-state index contributed by atoms with van der Waals surface area (Å²) in [4.78, 5) is 16.8. The minimum Gasteiger partial charge on any atom is -0.440 e. The number of hydrogen-bond acceptors (Lipinski definition) is 5. The van der Waals surface area contributed by atoms with Crippen LogP contribution in [-0.2, 0) is 14.9 Å². The second-order valence-electron chi connectivity index (χ2n) is 7.00. The molecule has 2 atom stereocenters. The lowest BCUT2D eigenvalue weighted by molar-refractivity contribution is -0.126. The first-order valence-electron chi connectivity index (χ1n) is 7.94. The Kier molecular flexibility index (Phi) is 5.52. The molecule has 1 aliphatic heterocycles. The molecule has 6 nitrogen and oxygen atoms in total. The SMILES string of the molecule is CC(C)(C)c1nc2cc(NC(=O)[C@@H]3CC[C@H](CN)O3)ccc2o1.Cl. The third-order valence-corrected chi connectivity index (χ3v) is 3.96. The lowest BCUT2D eigenvalue weighted by Crippen LogP contribution is -2.29. The number of oxazole rings is 1. The second kappa shape index (κ2) is 7.09. The Bertz CT molecular complexity index is 723. The molecule has 0 bridgehead atoms. The summed E-state index contributed by atoms with van der Waals surface area (Å²) in [6.07, 6.45) is 1.08. The molecule has 0 aliphatic carbocycles. The van der Waals surface area contributed by atoms with Crippen LogP contribution in [0, 0.1) is 0 Å². The van der Waals surface area contributed by atoms with Crippen LogP contribution in [0.3, 0.4) is 0 Å². The van der Waals surface area contributed by atoms with E-state index in [0.29, 0.717) is 30.1 Å². The van der Waals surface area contributed by atoms with Crippen LogP contribution in [0.5, 0.6) is 0 Å². The maximum atomic E-state index is 12.3. The van der Waals surface area contributed by atoms with Crippen LogP contribution in [-0.4, -0.2) is 29.6 Å². The maximum Gasteiger partial charge on any atom is 0.253 e. The summed E-state index contributed by atoms with van der Waals surface area (Å²) in [5, 5.41) is 2.88. The van der Waals surface area contributed by atoms with E-state index in [0.717, 1.165) is 11.9 Å². The van der Waals surface area contributed by atoms with E-state index in [2.05, 4.69) is 10.3 Å². The van der Waals surface area contributed by atoms with E-state index in [4.69, 9.17) is 14.9 Å². The number of halogens is 1. The van der Waals surface area contributed by atoms with Crippen molar-refractivity contribution in [3.8, 4) is 0 Å². The molecule has 1 aliphatic rings. The first-order chi connectivity index (χ1) is 10.9. The lowest BCUT2D eigenvalue weighted by atomic mass is 9.97. The number of nitrogens with two attached hydrogens (primary N) is 1. The zero-order valence-corrected chi connectivity index (χ0v) is 15.0. The summed E-state index contributed by atoms with van der Waals surface area (Å²) in [6.45, 7) is 6.59. The molecule has 3 rings (SSSR count). The topological polar surface area (TPSA) is 90.4 Å². The standard InChI is InChI=1S/C17H23N3O3.ClH/c1-17(2,3)16-20-12-8-10(4-6-13(12)23-16)19-15(21)14-7-5-11(9-18)22-14;/h4,6,8,11,14H,5,7,9,18H2,1-3H3,(H,19,21);1H/t11-,14+;/m1./s1. The number of nitrogens with zero attached hydrogens (tertiary/aromatic N) is 1. The van der Waals surface area contributed by atoms with Crippen molar-refractivity contribution in [2.45, 2.75) is 51.2 Å². The minimum atomic E-state index is -0.429. The molecule has 0 unspecified atom stereocenters. The third kappa shape index (κ3) is 3.88. The monoisotopic (exact) mass is 353 g/mol. The molecule has 7 heteroatoms. The number of anilines is 1. The smallest absolute Gasteiger partial charge is 0.253 e. The van der Waals surface area contributed by atoms with Gasteiger partial charge in [0.1, 0.15) is 11.6 Å². The molecule has 2 aromatic rings. The Hall–Kier alpha value is -1.63. The predicted molar refractivity (Wildman–Crippen MR) is 95.5 cm³/mol. The predicted octanol–water partition coefficient (Wildman–Crippen LogP) is 2.99. The van der Waals surface area contributed by atoms with Gasteiger partial charge in [-0.15, -0.1) is 12.4 Å². The lowest BCUT2D eigenvalue weighted by Gasteiger charge is -2.12. The van der Waals surface area contributed by atoms with E-state index in [9.17, 15) is 4.79 Å². The van der Waals surface area contributed by atoms with Gasteiger partial charge in [0.05, 0.1) is 6.10 Å². The highest BCUT2D eigenvalue weighted by molar-refractivity contribution is 5.95. The Labute approximate surface area is 147 Å². The summed E-state index contributed by atoms with van der Waals surface area (Å²) in [7, 11) is 0. The van der Waals surface area contributed by atoms with E-state index >= 15 is 0 Å². The van der Waals surface area contributed by atoms with Crippen molar-refractivity contribution in [3.63, 3.8) is 0 Å². The Morgan fingerprint density at radius 1 is 1.38 bits per heavy atom. The van der Waals surface area contributed by atoms with Crippen molar-refractivity contribution in [2.24, 2.45) is 5.73 Å². The first-order valence-corrected chi connectivity index (χ1v) is 7.94. The van der Waals surface area contributed by atoms with Gasteiger partial charge in [0.25, 0.3) is 5.91 Å². The van der Waals surface area contributed by atoms with Crippen LogP contribution in [0.2, 0.25) is 0 Å². The van der Waals surface area contributed by atoms with Gasteiger partial charge in [0.2, 0.25) is 5.89 Å². The molecule has 24 heavy (non-hydrogen) atoms. The highest BCUT2D eigenvalue weighted by Crippen LogP contribution is 2.28. The van der Waals surface area contributed by atoms with E-state index in [1.807, 2.05) is 39.0 Å². The normalized spacial score (nSPS) is 20.8. The molecule has 0 radical (unpaired) electrons. The summed E-state index contributed by atoms with van der Waals surface area (Å²) in [6, 6.07) is 5.46. The Balaban J connectivity index is 0.00000208. The molecule has 1 amide bonds. The molecule has 0 saturated carbocycles. The molecule has 3 N–H and O–H groups in total. The third-order valence-electron chi connectivity index (χ3n) is 3.96. The fourth-order valence-electron chi connectivity index (χ4n) is 2.62. The Morgan fingerprint density at radius 2 is 2.12 bits per heavy atom. The van der Waals surface area contributed by atoms with E-state index in [1.165, 1.54) is 0 Å². The molecule has 132 valence electrons. The number of hydrogen-bond donors (Lipinski definition) is 2. The average molecular weight is 354 g/mol. The zero-order chi connectivity index (χ0) is 16.6. The van der Waals surface area contributed by atoms with Crippen molar-refractivity contribution in [3.05, 3.63) is 24.1 Å². The number of ether oxygens (including phenoxy) is 1. The fraction of sp³-hybridized carbons (Fsp3) is 0.529. The summed E-state index contributed by atoms with van der Waals surface area (Å²) in [5.74, 6) is 0.542. The van der Waals surface area contributed by atoms with Crippen molar-refractivity contribution in [2.75, 3.05) is 11.9 Å². The first kappa shape index (κ1) is 18.7. The van der Waals surface area contributed by atoms with Gasteiger partial charge in [0, 0.05) is 17.6 Å². The van der Waals surface area contributed by atoms with Gasteiger partial charge in [-0.25, -0.2) is 4.98 Å². The van der Waals surface area contributed by atoms with Crippen LogP contribution in [0.1, 0.15) is 39.5 Å². The van der Waals surface area contributed by atoms with Gasteiger partial charge in [-0.05, 0) is 31.0 Å². The van der Waals surface area contributed by atoms with Gasteiger partial charge < -0.3 is 20.2 Å². The number of benzene rings is 1. The average Bonchev–Trinajstić information content (AvgIpc) is 3.12. The maximum absolute atomic E-state index is 12.3. The van der Waals surface area contributed by atoms with Crippen LogP contribution in [0.15, 0.2) is 22.6 Å². The number of carbonyl (C=O) groups is 1. The molecule has 1 aromatic heterocycles. The van der Waals surface area contributed by atoms with Gasteiger partial charge in [-0.1, -0.05) is 20.8 Å². The quantitative estimate of drug-likeness (QED) is 0.885. The number of amides is 1.